The lowest BCUT2D eigenvalue weighted by Crippen LogP contribution is -2.10. The van der Waals surface area contributed by atoms with Crippen LogP contribution in [0.4, 0.5) is 5.82 Å². The van der Waals surface area contributed by atoms with Gasteiger partial charge in [-0.25, -0.2) is 10.8 Å². The predicted octanol–water partition coefficient (Wildman–Crippen LogP) is 2.74. The van der Waals surface area contributed by atoms with Gasteiger partial charge in [0.1, 0.15) is 5.69 Å². The lowest BCUT2D eigenvalue weighted by atomic mass is 10.1. The zero-order valence-electron chi connectivity index (χ0n) is 8.11. The molecule has 0 aliphatic rings. The van der Waals surface area contributed by atoms with Gasteiger partial charge in [-0.15, -0.1) is 0 Å². The Balaban J connectivity index is 2.62. The second-order valence-electron chi connectivity index (χ2n) is 3.02. The van der Waals surface area contributed by atoms with Gasteiger partial charge in [0.2, 0.25) is 0 Å². The largest absolute Gasteiger partial charge is 0.307 e. The van der Waals surface area contributed by atoms with E-state index < -0.39 is 0 Å². The summed E-state index contributed by atoms with van der Waals surface area (Å²) in [5.41, 5.74) is 3.72. The number of hydrazine groups is 1. The second-order valence-corrected chi connectivity index (χ2v) is 3.87. The van der Waals surface area contributed by atoms with Crippen molar-refractivity contribution in [3.8, 4) is 11.3 Å². The molecule has 0 aliphatic heterocycles. The van der Waals surface area contributed by atoms with Crippen LogP contribution in [0.15, 0.2) is 30.6 Å². The van der Waals surface area contributed by atoms with Crippen molar-refractivity contribution in [3.05, 3.63) is 40.6 Å². The molecule has 0 atom stereocenters. The maximum Gasteiger partial charge on any atom is 0.166 e. The molecule has 0 radical (unpaired) electrons. The molecule has 0 unspecified atom stereocenters. The van der Waals surface area contributed by atoms with Crippen molar-refractivity contribution in [2.24, 2.45) is 5.84 Å². The van der Waals surface area contributed by atoms with Gasteiger partial charge >= 0.3 is 0 Å². The fourth-order valence-electron chi connectivity index (χ4n) is 1.32. The number of nitrogens with two attached hydrogens (primary N) is 1. The lowest BCUT2D eigenvalue weighted by molar-refractivity contribution is 1.16. The van der Waals surface area contributed by atoms with Gasteiger partial charge in [0.15, 0.2) is 5.82 Å². The Hall–Kier alpha value is -1.36. The number of aromatic nitrogens is 2. The molecule has 6 heteroatoms. The molecule has 0 fully saturated rings. The van der Waals surface area contributed by atoms with Crippen LogP contribution in [0.1, 0.15) is 0 Å². The Morgan fingerprint density at radius 2 is 1.88 bits per heavy atom. The van der Waals surface area contributed by atoms with Crippen LogP contribution in [0.3, 0.4) is 0 Å². The molecule has 4 nitrogen and oxygen atoms in total. The van der Waals surface area contributed by atoms with E-state index in [9.17, 15) is 0 Å². The highest BCUT2D eigenvalue weighted by atomic mass is 35.5. The minimum Gasteiger partial charge on any atom is -0.307 e. The molecule has 0 saturated carbocycles. The smallest absolute Gasteiger partial charge is 0.166 e. The highest BCUT2D eigenvalue weighted by Gasteiger charge is 2.10. The van der Waals surface area contributed by atoms with Crippen LogP contribution in [0, 0.1) is 0 Å². The minimum atomic E-state index is 0.451. The number of benzene rings is 1. The number of nitrogens with zero attached hydrogens (tertiary/aromatic N) is 2. The van der Waals surface area contributed by atoms with E-state index in [1.165, 1.54) is 6.20 Å². The van der Waals surface area contributed by atoms with Crippen LogP contribution in [-0.2, 0) is 0 Å². The fourth-order valence-corrected chi connectivity index (χ4v) is 1.70. The normalized spacial score (nSPS) is 10.2. The Morgan fingerprint density at radius 3 is 2.62 bits per heavy atom. The van der Waals surface area contributed by atoms with Crippen LogP contribution in [0.25, 0.3) is 11.3 Å². The summed E-state index contributed by atoms with van der Waals surface area (Å²) in [6, 6.07) is 5.13. The summed E-state index contributed by atoms with van der Waals surface area (Å²) in [5, 5.41) is 1.12. The van der Waals surface area contributed by atoms with Crippen LogP contribution in [0.2, 0.25) is 10.0 Å². The van der Waals surface area contributed by atoms with Crippen LogP contribution in [0.5, 0.6) is 0 Å². The average molecular weight is 255 g/mol. The van der Waals surface area contributed by atoms with Crippen LogP contribution in [-0.4, -0.2) is 9.97 Å². The van der Waals surface area contributed by atoms with Crippen molar-refractivity contribution >= 4 is 29.0 Å². The predicted molar refractivity (Wildman–Crippen MR) is 65.3 cm³/mol. The first-order valence-corrected chi connectivity index (χ1v) is 5.21. The molecule has 2 aromatic rings. The molecule has 0 aliphatic carbocycles. The third kappa shape index (κ3) is 2.09. The van der Waals surface area contributed by atoms with E-state index in [2.05, 4.69) is 15.4 Å². The Bertz CT molecular complexity index is 516. The van der Waals surface area contributed by atoms with Crippen molar-refractivity contribution in [1.82, 2.24) is 9.97 Å². The average Bonchev–Trinajstić information content (AvgIpc) is 2.32. The first-order chi connectivity index (χ1) is 7.72. The summed E-state index contributed by atoms with van der Waals surface area (Å²) in [5.74, 6) is 5.80. The van der Waals surface area contributed by atoms with Gasteiger partial charge in [0, 0.05) is 23.0 Å². The van der Waals surface area contributed by atoms with E-state index in [0.29, 0.717) is 27.1 Å². The topological polar surface area (TPSA) is 63.8 Å². The summed E-state index contributed by atoms with van der Waals surface area (Å²) in [6.45, 7) is 0. The van der Waals surface area contributed by atoms with E-state index >= 15 is 0 Å². The third-order valence-corrected chi connectivity index (χ3v) is 2.58. The van der Waals surface area contributed by atoms with E-state index in [0.717, 1.165) is 0 Å². The van der Waals surface area contributed by atoms with Crippen LogP contribution < -0.4 is 11.3 Å². The Kier molecular flexibility index (Phi) is 3.24. The molecular weight excluding hydrogens is 247 g/mol. The van der Waals surface area contributed by atoms with E-state index in [1.807, 2.05) is 0 Å². The molecule has 3 N–H and O–H groups in total. The van der Waals surface area contributed by atoms with Gasteiger partial charge in [0.05, 0.1) is 5.02 Å². The first-order valence-electron chi connectivity index (χ1n) is 4.45. The molecule has 16 heavy (non-hydrogen) atoms. The quantitative estimate of drug-likeness (QED) is 0.639. The molecule has 1 aromatic heterocycles. The molecular formula is C10H8Cl2N4. The summed E-state index contributed by atoms with van der Waals surface area (Å²) >= 11 is 12.0. The van der Waals surface area contributed by atoms with Gasteiger partial charge < -0.3 is 5.43 Å². The van der Waals surface area contributed by atoms with Crippen molar-refractivity contribution in [3.63, 3.8) is 0 Å². The summed E-state index contributed by atoms with van der Waals surface area (Å²) in [7, 11) is 0. The molecule has 1 aromatic carbocycles. The number of rotatable bonds is 2. The summed E-state index contributed by atoms with van der Waals surface area (Å²) < 4.78 is 0. The molecule has 82 valence electrons. The Labute approximate surface area is 102 Å². The van der Waals surface area contributed by atoms with Crippen LogP contribution >= 0.6 is 23.2 Å². The lowest BCUT2D eigenvalue weighted by Gasteiger charge is -2.08. The standard InChI is InChI=1S/C10H8Cl2N4/c11-6-1-2-8(12)7(5-6)9-10(16-13)15-4-3-14-9/h1-5H,13H2,(H,15,16). The molecule has 1 heterocycles. The van der Waals surface area contributed by atoms with E-state index in [1.54, 1.807) is 24.4 Å². The number of hydrogen-bond donors (Lipinski definition) is 2. The van der Waals surface area contributed by atoms with E-state index in [4.69, 9.17) is 29.0 Å². The first kappa shape index (κ1) is 11.1. The molecule has 0 saturated heterocycles. The van der Waals surface area contributed by atoms with Crippen molar-refractivity contribution in [1.29, 1.82) is 0 Å². The zero-order chi connectivity index (χ0) is 11.5. The van der Waals surface area contributed by atoms with E-state index in [-0.39, 0.29) is 0 Å². The molecule has 0 amide bonds. The highest BCUT2D eigenvalue weighted by Crippen LogP contribution is 2.32. The fraction of sp³-hybridized carbons (Fsp3) is 0. The van der Waals surface area contributed by atoms with Gasteiger partial charge in [-0.1, -0.05) is 23.2 Å². The number of halogens is 2. The maximum atomic E-state index is 6.06. The maximum absolute atomic E-state index is 6.06. The molecule has 2 rings (SSSR count). The number of nitrogen functional groups attached to an aromatic ring is 1. The number of hydrogen-bond acceptors (Lipinski definition) is 4. The highest BCUT2D eigenvalue weighted by molar-refractivity contribution is 6.35. The number of anilines is 1. The zero-order valence-corrected chi connectivity index (χ0v) is 9.63. The van der Waals surface area contributed by atoms with Crippen molar-refractivity contribution in [2.75, 3.05) is 5.43 Å². The van der Waals surface area contributed by atoms with Gasteiger partial charge in [-0.3, -0.25) is 4.98 Å². The Morgan fingerprint density at radius 1 is 1.12 bits per heavy atom. The van der Waals surface area contributed by atoms with Gasteiger partial charge in [0.25, 0.3) is 0 Å². The third-order valence-electron chi connectivity index (χ3n) is 2.02. The number of nitrogens with one attached hydrogen (secondary N) is 1. The summed E-state index contributed by atoms with van der Waals surface area (Å²) in [4.78, 5) is 8.22. The van der Waals surface area contributed by atoms with Crippen molar-refractivity contribution in [2.45, 2.75) is 0 Å². The monoisotopic (exact) mass is 254 g/mol. The van der Waals surface area contributed by atoms with Gasteiger partial charge in [-0.05, 0) is 18.2 Å². The van der Waals surface area contributed by atoms with Gasteiger partial charge in [-0.2, -0.15) is 0 Å². The van der Waals surface area contributed by atoms with Crippen molar-refractivity contribution < 1.29 is 0 Å². The summed E-state index contributed by atoms with van der Waals surface area (Å²) in [6.07, 6.45) is 3.10. The molecule has 0 bridgehead atoms. The SMILES string of the molecule is NNc1nccnc1-c1cc(Cl)ccc1Cl. The molecule has 0 spiro atoms. The minimum absolute atomic E-state index is 0.451. The second kappa shape index (κ2) is 4.65.